The van der Waals surface area contributed by atoms with Gasteiger partial charge in [0.1, 0.15) is 0 Å². The molecule has 1 aliphatic heterocycles. The average Bonchev–Trinajstić information content (AvgIpc) is 3.19. The van der Waals surface area contributed by atoms with E-state index in [2.05, 4.69) is 10.3 Å². The highest BCUT2D eigenvalue weighted by Crippen LogP contribution is 2.48. The number of nitrogens with zero attached hydrogens (tertiary/aromatic N) is 2. The molecule has 0 unspecified atom stereocenters. The maximum atomic E-state index is 12.5. The molecule has 2 atom stereocenters. The highest BCUT2D eigenvalue weighted by Gasteiger charge is 2.55. The fourth-order valence-corrected chi connectivity index (χ4v) is 4.54. The number of carbonyl (C=O) groups is 2. The van der Waals surface area contributed by atoms with Crippen LogP contribution in [0.1, 0.15) is 30.0 Å². The smallest absolute Gasteiger partial charge is 0.434 e. The van der Waals surface area contributed by atoms with Crippen molar-refractivity contribution >= 4 is 23.3 Å². The van der Waals surface area contributed by atoms with Crippen molar-refractivity contribution in [3.63, 3.8) is 0 Å². The zero-order valence-corrected chi connectivity index (χ0v) is 14.1. The first-order chi connectivity index (χ1) is 11.7. The second-order valence-electron chi connectivity index (χ2n) is 6.54. The molecule has 1 saturated carbocycles. The van der Waals surface area contributed by atoms with Gasteiger partial charge in [-0.1, -0.05) is 6.42 Å². The molecule has 2 fully saturated rings. The first-order valence-electron chi connectivity index (χ1n) is 8.00. The van der Waals surface area contributed by atoms with Crippen LogP contribution < -0.4 is 5.32 Å². The van der Waals surface area contributed by atoms with Crippen molar-refractivity contribution in [2.24, 2.45) is 11.3 Å². The third kappa shape index (κ3) is 3.44. The first kappa shape index (κ1) is 18.0. The number of carboxylic acids is 1. The molecule has 0 radical (unpaired) electrons. The van der Waals surface area contributed by atoms with E-state index < -0.39 is 23.3 Å². The van der Waals surface area contributed by atoms with Crippen LogP contribution in [0.5, 0.6) is 0 Å². The number of hydrogen-bond acceptors (Lipinski definition) is 4. The number of amides is 2. The van der Waals surface area contributed by atoms with Crippen LogP contribution in [-0.2, 0) is 17.4 Å². The molecule has 1 saturated heterocycles. The third-order valence-corrected chi connectivity index (χ3v) is 5.95. The Bertz CT molecular complexity index is 678. The molecule has 2 heterocycles. The number of alkyl halides is 3. The molecule has 1 aromatic rings. The molecular formula is C15H18F3N3O3S. The lowest BCUT2D eigenvalue weighted by Crippen LogP contribution is -2.42. The van der Waals surface area contributed by atoms with E-state index in [1.807, 2.05) is 0 Å². The standard InChI is InChI=1S/C15H18F3N3O3S/c16-15(17,18)10-7-25-11(20-10)3-5-19-13(24)21-6-9-2-1-4-14(9,8-21)12(22)23/h7,9H,1-6,8H2,(H,19,24)(H,22,23)/t9-,14+/m0/s1. The van der Waals surface area contributed by atoms with Crippen LogP contribution in [0.15, 0.2) is 5.38 Å². The van der Waals surface area contributed by atoms with E-state index in [4.69, 9.17) is 0 Å². The average molecular weight is 377 g/mol. The number of aliphatic carboxylic acids is 1. The monoisotopic (exact) mass is 377 g/mol. The summed E-state index contributed by atoms with van der Waals surface area (Å²) in [5.74, 6) is -0.878. The number of carboxylic acid groups (broad SMARTS) is 1. The van der Waals surface area contributed by atoms with Crippen LogP contribution in [0, 0.1) is 11.3 Å². The highest BCUT2D eigenvalue weighted by atomic mass is 32.1. The predicted octanol–water partition coefficient (Wildman–Crippen LogP) is 2.60. The Labute approximate surface area is 146 Å². The van der Waals surface area contributed by atoms with E-state index in [0.717, 1.165) is 29.6 Å². The number of likely N-dealkylation sites (tertiary alicyclic amines) is 1. The summed E-state index contributed by atoms with van der Waals surface area (Å²) in [5.41, 5.74) is -1.76. The third-order valence-electron chi connectivity index (χ3n) is 5.04. The Kier molecular flexibility index (Phi) is 4.65. The molecule has 10 heteroatoms. The zero-order valence-electron chi connectivity index (χ0n) is 13.3. The zero-order chi connectivity index (χ0) is 18.2. The molecule has 25 heavy (non-hydrogen) atoms. The molecule has 2 amide bonds. The lowest BCUT2D eigenvalue weighted by molar-refractivity contribution is -0.149. The molecular weight excluding hydrogens is 359 g/mol. The molecule has 2 N–H and O–H groups in total. The van der Waals surface area contributed by atoms with Gasteiger partial charge in [0.05, 0.1) is 10.4 Å². The highest BCUT2D eigenvalue weighted by molar-refractivity contribution is 7.09. The van der Waals surface area contributed by atoms with Gasteiger partial charge in [-0.05, 0) is 18.8 Å². The van der Waals surface area contributed by atoms with Gasteiger partial charge in [0.15, 0.2) is 5.69 Å². The lowest BCUT2D eigenvalue weighted by atomic mass is 9.81. The number of fused-ring (bicyclic) bond motifs is 1. The number of thiazole rings is 1. The van der Waals surface area contributed by atoms with E-state index >= 15 is 0 Å². The van der Waals surface area contributed by atoms with Gasteiger partial charge in [0.25, 0.3) is 0 Å². The van der Waals surface area contributed by atoms with Crippen molar-refractivity contribution in [3.05, 3.63) is 16.1 Å². The number of rotatable bonds is 4. The van der Waals surface area contributed by atoms with Gasteiger partial charge < -0.3 is 15.3 Å². The Morgan fingerprint density at radius 2 is 2.24 bits per heavy atom. The molecule has 1 aromatic heterocycles. The number of halogens is 3. The van der Waals surface area contributed by atoms with Gasteiger partial charge in [0.2, 0.25) is 0 Å². The van der Waals surface area contributed by atoms with Crippen molar-refractivity contribution in [2.75, 3.05) is 19.6 Å². The summed E-state index contributed by atoms with van der Waals surface area (Å²) < 4.78 is 37.5. The molecule has 6 nitrogen and oxygen atoms in total. The number of nitrogens with one attached hydrogen (secondary N) is 1. The van der Waals surface area contributed by atoms with Crippen molar-refractivity contribution in [3.8, 4) is 0 Å². The minimum absolute atomic E-state index is 0.0240. The Morgan fingerprint density at radius 1 is 1.48 bits per heavy atom. The number of carbonyl (C=O) groups excluding carboxylic acids is 1. The molecule has 1 aliphatic carbocycles. The molecule has 0 spiro atoms. The van der Waals surface area contributed by atoms with Crippen molar-refractivity contribution in [2.45, 2.75) is 31.9 Å². The number of urea groups is 1. The Balaban J connectivity index is 1.51. The Hall–Kier alpha value is -1.84. The summed E-state index contributed by atoms with van der Waals surface area (Å²) in [7, 11) is 0. The van der Waals surface area contributed by atoms with Crippen molar-refractivity contribution in [1.29, 1.82) is 0 Å². The maximum Gasteiger partial charge on any atom is 0.434 e. The summed E-state index contributed by atoms with van der Waals surface area (Å²) in [4.78, 5) is 28.8. The summed E-state index contributed by atoms with van der Waals surface area (Å²) in [6, 6.07) is -0.373. The topological polar surface area (TPSA) is 82.5 Å². The maximum absolute atomic E-state index is 12.5. The molecule has 0 bridgehead atoms. The van der Waals surface area contributed by atoms with Crippen LogP contribution in [0.25, 0.3) is 0 Å². The van der Waals surface area contributed by atoms with Gasteiger partial charge in [-0.25, -0.2) is 9.78 Å². The van der Waals surface area contributed by atoms with Crippen LogP contribution in [-0.4, -0.2) is 46.6 Å². The minimum Gasteiger partial charge on any atom is -0.481 e. The minimum atomic E-state index is -4.46. The molecule has 3 rings (SSSR count). The molecule has 0 aromatic carbocycles. The van der Waals surface area contributed by atoms with Crippen LogP contribution in [0.2, 0.25) is 0 Å². The van der Waals surface area contributed by atoms with E-state index in [-0.39, 0.29) is 31.5 Å². The van der Waals surface area contributed by atoms with Crippen LogP contribution in [0.3, 0.4) is 0 Å². The second kappa shape index (κ2) is 6.47. The van der Waals surface area contributed by atoms with Crippen LogP contribution in [0.4, 0.5) is 18.0 Å². The normalized spacial score (nSPS) is 25.9. The van der Waals surface area contributed by atoms with E-state index in [1.165, 1.54) is 4.90 Å². The summed E-state index contributed by atoms with van der Waals surface area (Å²) in [5, 5.41) is 13.4. The van der Waals surface area contributed by atoms with Gasteiger partial charge in [-0.15, -0.1) is 11.3 Å². The fraction of sp³-hybridized carbons (Fsp3) is 0.667. The fourth-order valence-electron chi connectivity index (χ4n) is 3.74. The van der Waals surface area contributed by atoms with Gasteiger partial charge in [-0.2, -0.15) is 13.2 Å². The van der Waals surface area contributed by atoms with Crippen molar-refractivity contribution in [1.82, 2.24) is 15.2 Å². The molecule has 138 valence electrons. The van der Waals surface area contributed by atoms with Gasteiger partial charge >= 0.3 is 18.2 Å². The Morgan fingerprint density at radius 3 is 2.84 bits per heavy atom. The summed E-state index contributed by atoms with van der Waals surface area (Å²) in [6.45, 7) is 0.757. The summed E-state index contributed by atoms with van der Waals surface area (Å²) >= 11 is 0.903. The second-order valence-corrected chi connectivity index (χ2v) is 7.48. The number of hydrogen-bond donors (Lipinski definition) is 2. The molecule has 2 aliphatic rings. The van der Waals surface area contributed by atoms with Crippen LogP contribution >= 0.6 is 11.3 Å². The number of aromatic nitrogens is 1. The van der Waals surface area contributed by atoms with E-state index in [1.54, 1.807) is 0 Å². The predicted molar refractivity (Wildman–Crippen MR) is 83.2 cm³/mol. The van der Waals surface area contributed by atoms with E-state index in [0.29, 0.717) is 18.0 Å². The summed E-state index contributed by atoms with van der Waals surface area (Å²) in [6.07, 6.45) is -2.02. The largest absolute Gasteiger partial charge is 0.481 e. The van der Waals surface area contributed by atoms with Crippen molar-refractivity contribution < 1.29 is 27.9 Å². The quantitative estimate of drug-likeness (QED) is 0.845. The van der Waals surface area contributed by atoms with Gasteiger partial charge in [-0.3, -0.25) is 4.79 Å². The lowest BCUT2D eigenvalue weighted by Gasteiger charge is -2.23. The SMILES string of the molecule is O=C(NCCc1nc(C(F)(F)F)cs1)N1C[C@@H]2CCC[C@@]2(C(=O)O)C1. The van der Waals surface area contributed by atoms with E-state index in [9.17, 15) is 27.9 Å². The first-order valence-corrected chi connectivity index (χ1v) is 8.88. The van der Waals surface area contributed by atoms with Gasteiger partial charge in [0, 0.05) is 31.4 Å².